The summed E-state index contributed by atoms with van der Waals surface area (Å²) in [4.78, 5) is 24.9. The van der Waals surface area contributed by atoms with Crippen LogP contribution in [0.3, 0.4) is 0 Å². The van der Waals surface area contributed by atoms with Gasteiger partial charge in [0.2, 0.25) is 5.88 Å². The molecule has 0 aromatic carbocycles. The standard InChI is InChI=1S/C11H13NO3/c1-9(14)10-4-5-11(12-8-10)15-7-3-2-6-13/h4-6,8H,2-3,7H2,1H3. The molecule has 0 aliphatic heterocycles. The van der Waals surface area contributed by atoms with Crippen molar-refractivity contribution in [1.82, 2.24) is 4.98 Å². The highest BCUT2D eigenvalue weighted by Gasteiger charge is 2.00. The summed E-state index contributed by atoms with van der Waals surface area (Å²) in [6.45, 7) is 1.95. The Kier molecular flexibility index (Phi) is 4.47. The fourth-order valence-corrected chi connectivity index (χ4v) is 1.02. The molecule has 0 radical (unpaired) electrons. The molecule has 0 aliphatic carbocycles. The fraction of sp³-hybridized carbons (Fsp3) is 0.364. The number of nitrogens with zero attached hydrogens (tertiary/aromatic N) is 1. The topological polar surface area (TPSA) is 56.3 Å². The molecule has 0 saturated carbocycles. The maximum absolute atomic E-state index is 10.9. The number of aldehydes is 1. The SMILES string of the molecule is CC(=O)c1ccc(OCCCC=O)nc1. The van der Waals surface area contributed by atoms with Crippen LogP contribution in [-0.2, 0) is 4.79 Å². The molecule has 15 heavy (non-hydrogen) atoms. The van der Waals surface area contributed by atoms with Gasteiger partial charge < -0.3 is 9.53 Å². The van der Waals surface area contributed by atoms with E-state index in [0.717, 1.165) is 6.29 Å². The number of ketones is 1. The number of hydrogen-bond acceptors (Lipinski definition) is 4. The van der Waals surface area contributed by atoms with Gasteiger partial charge in [-0.25, -0.2) is 4.98 Å². The van der Waals surface area contributed by atoms with Crippen molar-refractivity contribution in [2.45, 2.75) is 19.8 Å². The molecular weight excluding hydrogens is 194 g/mol. The van der Waals surface area contributed by atoms with Gasteiger partial charge in [0, 0.05) is 24.2 Å². The Labute approximate surface area is 88.3 Å². The van der Waals surface area contributed by atoms with Crippen molar-refractivity contribution in [3.63, 3.8) is 0 Å². The number of rotatable bonds is 6. The van der Waals surface area contributed by atoms with Gasteiger partial charge in [0.15, 0.2) is 5.78 Å². The van der Waals surface area contributed by atoms with Crippen LogP contribution in [0.2, 0.25) is 0 Å². The quantitative estimate of drug-likeness (QED) is 0.404. The molecule has 1 aromatic rings. The van der Waals surface area contributed by atoms with Crippen LogP contribution in [0.1, 0.15) is 30.1 Å². The van der Waals surface area contributed by atoms with Crippen molar-refractivity contribution in [1.29, 1.82) is 0 Å². The van der Waals surface area contributed by atoms with E-state index in [0.29, 0.717) is 30.9 Å². The van der Waals surface area contributed by atoms with Gasteiger partial charge in [-0.2, -0.15) is 0 Å². The zero-order chi connectivity index (χ0) is 11.1. The lowest BCUT2D eigenvalue weighted by atomic mass is 10.2. The summed E-state index contributed by atoms with van der Waals surface area (Å²) >= 11 is 0. The van der Waals surface area contributed by atoms with Gasteiger partial charge in [0.25, 0.3) is 0 Å². The van der Waals surface area contributed by atoms with Gasteiger partial charge in [-0.3, -0.25) is 4.79 Å². The average molecular weight is 207 g/mol. The van der Waals surface area contributed by atoms with Crippen molar-refractivity contribution in [3.05, 3.63) is 23.9 Å². The Balaban J connectivity index is 2.42. The lowest BCUT2D eigenvalue weighted by Crippen LogP contribution is -2.00. The lowest BCUT2D eigenvalue weighted by Gasteiger charge is -2.03. The molecule has 1 heterocycles. The van der Waals surface area contributed by atoms with Crippen molar-refractivity contribution < 1.29 is 14.3 Å². The Morgan fingerprint density at radius 1 is 1.53 bits per heavy atom. The van der Waals surface area contributed by atoms with Gasteiger partial charge >= 0.3 is 0 Å². The number of pyridine rings is 1. The van der Waals surface area contributed by atoms with E-state index in [-0.39, 0.29) is 5.78 Å². The maximum Gasteiger partial charge on any atom is 0.213 e. The number of carbonyl (C=O) groups is 2. The van der Waals surface area contributed by atoms with Gasteiger partial charge in [-0.05, 0) is 19.4 Å². The first-order valence-electron chi connectivity index (χ1n) is 4.77. The summed E-state index contributed by atoms with van der Waals surface area (Å²) in [5.74, 6) is 0.459. The summed E-state index contributed by atoms with van der Waals surface area (Å²) < 4.78 is 5.26. The first-order chi connectivity index (χ1) is 7.24. The summed E-state index contributed by atoms with van der Waals surface area (Å²) in [5.41, 5.74) is 0.565. The largest absolute Gasteiger partial charge is 0.478 e. The van der Waals surface area contributed by atoms with E-state index < -0.39 is 0 Å². The van der Waals surface area contributed by atoms with E-state index >= 15 is 0 Å². The molecule has 0 spiro atoms. The highest BCUT2D eigenvalue weighted by Crippen LogP contribution is 2.08. The van der Waals surface area contributed by atoms with Gasteiger partial charge in [0.05, 0.1) is 6.61 Å². The van der Waals surface area contributed by atoms with Crippen LogP contribution in [0.25, 0.3) is 0 Å². The molecular formula is C11H13NO3. The van der Waals surface area contributed by atoms with Crippen LogP contribution in [0.15, 0.2) is 18.3 Å². The number of Topliss-reactive ketones (excluding diaryl/α,β-unsaturated/α-hetero) is 1. The number of carbonyl (C=O) groups excluding carboxylic acids is 2. The predicted octanol–water partition coefficient (Wildman–Crippen LogP) is 1.64. The van der Waals surface area contributed by atoms with Crippen LogP contribution in [0, 0.1) is 0 Å². The van der Waals surface area contributed by atoms with E-state index in [9.17, 15) is 9.59 Å². The molecule has 0 fully saturated rings. The molecule has 0 unspecified atom stereocenters. The van der Waals surface area contributed by atoms with E-state index in [1.54, 1.807) is 12.1 Å². The molecule has 0 atom stereocenters. The summed E-state index contributed by atoms with van der Waals surface area (Å²) in [6, 6.07) is 3.32. The Hall–Kier alpha value is -1.71. The lowest BCUT2D eigenvalue weighted by molar-refractivity contribution is -0.108. The minimum absolute atomic E-state index is 0.0185. The minimum Gasteiger partial charge on any atom is -0.478 e. The van der Waals surface area contributed by atoms with Gasteiger partial charge in [-0.15, -0.1) is 0 Å². The molecule has 1 aromatic heterocycles. The first kappa shape index (κ1) is 11.4. The van der Waals surface area contributed by atoms with Crippen molar-refractivity contribution in [2.24, 2.45) is 0 Å². The molecule has 0 amide bonds. The van der Waals surface area contributed by atoms with Gasteiger partial charge in [0.1, 0.15) is 6.29 Å². The van der Waals surface area contributed by atoms with E-state index in [1.165, 1.54) is 13.1 Å². The fourth-order valence-electron chi connectivity index (χ4n) is 1.02. The van der Waals surface area contributed by atoms with Crippen LogP contribution < -0.4 is 4.74 Å². The summed E-state index contributed by atoms with van der Waals surface area (Å²) in [7, 11) is 0. The number of ether oxygens (including phenoxy) is 1. The zero-order valence-corrected chi connectivity index (χ0v) is 8.60. The third-order valence-electron chi connectivity index (χ3n) is 1.86. The summed E-state index contributed by atoms with van der Waals surface area (Å²) in [6.07, 6.45) is 3.51. The van der Waals surface area contributed by atoms with Crippen LogP contribution in [0.5, 0.6) is 5.88 Å². The Bertz CT molecular complexity index is 332. The number of aromatic nitrogens is 1. The minimum atomic E-state index is -0.0185. The second kappa shape index (κ2) is 5.90. The zero-order valence-electron chi connectivity index (χ0n) is 8.60. The maximum atomic E-state index is 10.9. The Morgan fingerprint density at radius 3 is 2.87 bits per heavy atom. The molecule has 0 N–H and O–H groups in total. The van der Waals surface area contributed by atoms with E-state index in [2.05, 4.69) is 4.98 Å². The normalized spacial score (nSPS) is 9.67. The van der Waals surface area contributed by atoms with E-state index in [1.807, 2.05) is 0 Å². The number of unbranched alkanes of at least 4 members (excludes halogenated alkanes) is 1. The molecule has 0 bridgehead atoms. The highest BCUT2D eigenvalue weighted by atomic mass is 16.5. The third kappa shape index (κ3) is 3.89. The molecule has 4 nitrogen and oxygen atoms in total. The van der Waals surface area contributed by atoms with Gasteiger partial charge in [-0.1, -0.05) is 0 Å². The molecule has 80 valence electrons. The van der Waals surface area contributed by atoms with Crippen molar-refractivity contribution >= 4 is 12.1 Å². The summed E-state index contributed by atoms with van der Waals surface area (Å²) in [5, 5.41) is 0. The molecule has 1 rings (SSSR count). The highest BCUT2D eigenvalue weighted by molar-refractivity contribution is 5.93. The smallest absolute Gasteiger partial charge is 0.213 e. The second-order valence-corrected chi connectivity index (χ2v) is 3.10. The molecule has 0 saturated heterocycles. The average Bonchev–Trinajstić information content (AvgIpc) is 2.25. The Morgan fingerprint density at radius 2 is 2.33 bits per heavy atom. The van der Waals surface area contributed by atoms with Crippen LogP contribution >= 0.6 is 0 Å². The van der Waals surface area contributed by atoms with Crippen molar-refractivity contribution in [3.8, 4) is 5.88 Å². The monoisotopic (exact) mass is 207 g/mol. The van der Waals surface area contributed by atoms with E-state index in [4.69, 9.17) is 4.74 Å². The second-order valence-electron chi connectivity index (χ2n) is 3.10. The van der Waals surface area contributed by atoms with Crippen LogP contribution in [-0.4, -0.2) is 23.7 Å². The first-order valence-corrected chi connectivity index (χ1v) is 4.77. The molecule has 4 heteroatoms. The third-order valence-corrected chi connectivity index (χ3v) is 1.86. The molecule has 0 aliphatic rings. The van der Waals surface area contributed by atoms with Crippen LogP contribution in [0.4, 0.5) is 0 Å². The number of hydrogen-bond donors (Lipinski definition) is 0. The van der Waals surface area contributed by atoms with Crippen molar-refractivity contribution in [2.75, 3.05) is 6.61 Å². The predicted molar refractivity (Wildman–Crippen MR) is 55.0 cm³/mol.